The molecule has 2 N–H and O–H groups in total. The van der Waals surface area contributed by atoms with Crippen molar-refractivity contribution in [1.29, 1.82) is 0 Å². The number of thioether (sulfide) groups is 1. The molecular weight excluding hydrogens is 448 g/mol. The first-order chi connectivity index (χ1) is 16.5. The fraction of sp³-hybridized carbons (Fsp3) is 0.143. The minimum atomic E-state index is -0.977. The van der Waals surface area contributed by atoms with Crippen molar-refractivity contribution in [2.45, 2.75) is 24.3 Å². The van der Waals surface area contributed by atoms with Gasteiger partial charge in [0.1, 0.15) is 12.4 Å². The van der Waals surface area contributed by atoms with E-state index in [1.807, 2.05) is 30.0 Å². The van der Waals surface area contributed by atoms with E-state index in [1.165, 1.54) is 10.5 Å². The van der Waals surface area contributed by atoms with E-state index >= 15 is 0 Å². The van der Waals surface area contributed by atoms with Gasteiger partial charge in [0.2, 0.25) is 0 Å². The number of ether oxygens (including phenoxy) is 1. The van der Waals surface area contributed by atoms with E-state index in [0.29, 0.717) is 22.9 Å². The van der Waals surface area contributed by atoms with E-state index in [9.17, 15) is 14.7 Å². The van der Waals surface area contributed by atoms with Crippen LogP contribution in [-0.2, 0) is 24.2 Å². The number of hydrogen-bond donors (Lipinski definition) is 2. The van der Waals surface area contributed by atoms with Crippen molar-refractivity contribution in [3.05, 3.63) is 106 Å². The summed E-state index contributed by atoms with van der Waals surface area (Å²) >= 11 is 1.85. The first-order valence-corrected chi connectivity index (χ1v) is 11.9. The molecule has 1 aliphatic heterocycles. The number of benzene rings is 4. The largest absolute Gasteiger partial charge is 0.507 e. The van der Waals surface area contributed by atoms with E-state index < -0.39 is 11.9 Å². The molecule has 0 saturated carbocycles. The zero-order chi connectivity index (χ0) is 23.7. The number of aromatic hydroxyl groups is 1. The highest BCUT2D eigenvalue weighted by Gasteiger charge is 2.15. The molecule has 6 heteroatoms. The number of aryl methyl sites for hydroxylation is 1. The van der Waals surface area contributed by atoms with Crippen molar-refractivity contribution in [3.63, 3.8) is 0 Å². The second-order valence-electron chi connectivity index (χ2n) is 8.30. The smallest absolute Gasteiger partial charge is 0.338 e. The van der Waals surface area contributed by atoms with E-state index in [2.05, 4.69) is 12.1 Å². The summed E-state index contributed by atoms with van der Waals surface area (Å²) in [6, 6.07) is 21.6. The molecule has 0 aliphatic carbocycles. The fourth-order valence-corrected chi connectivity index (χ4v) is 5.22. The lowest BCUT2D eigenvalue weighted by Gasteiger charge is -2.11. The second kappa shape index (κ2) is 9.23. The number of carbonyl (C=O) groups excluding carboxylic acids is 1. The molecule has 0 bridgehead atoms. The van der Waals surface area contributed by atoms with Gasteiger partial charge in [-0.25, -0.2) is 9.59 Å². The standard InChI is InChI=1S/C28H22O5S/c29-26-22(13-17-1-4-20(5-2-17)27(30)31)8-6-19-7-9-23(15-24(19)26)28(32)33-16-18-3-10-25-21(14-18)11-12-34-25/h1-10,14-15,29H,11-13,16H2,(H,30,31). The SMILES string of the molecule is O=C(O)c1ccc(Cc2ccc3ccc(C(=O)OCc4ccc5c(c4)CCS5)cc3c2O)cc1. The maximum absolute atomic E-state index is 12.7. The molecule has 0 radical (unpaired) electrons. The van der Waals surface area contributed by atoms with Crippen LogP contribution in [0.2, 0.25) is 0 Å². The third-order valence-electron chi connectivity index (χ3n) is 6.03. The van der Waals surface area contributed by atoms with Crippen LogP contribution in [0, 0.1) is 0 Å². The fourth-order valence-electron chi connectivity index (χ4n) is 4.17. The lowest BCUT2D eigenvalue weighted by atomic mass is 9.98. The van der Waals surface area contributed by atoms with Gasteiger partial charge in [0.15, 0.2) is 0 Å². The molecule has 0 atom stereocenters. The van der Waals surface area contributed by atoms with E-state index in [-0.39, 0.29) is 17.9 Å². The third-order valence-corrected chi connectivity index (χ3v) is 7.15. The lowest BCUT2D eigenvalue weighted by molar-refractivity contribution is 0.0472. The average Bonchev–Trinajstić information content (AvgIpc) is 3.32. The number of carboxylic acid groups (broad SMARTS) is 1. The predicted octanol–water partition coefficient (Wildman–Crippen LogP) is 5.84. The van der Waals surface area contributed by atoms with Crippen LogP contribution in [0.5, 0.6) is 5.75 Å². The molecule has 5 rings (SSSR count). The van der Waals surface area contributed by atoms with Gasteiger partial charge in [-0.2, -0.15) is 0 Å². The van der Waals surface area contributed by atoms with Crippen molar-refractivity contribution in [2.24, 2.45) is 0 Å². The number of phenolic OH excluding ortho intramolecular Hbond substituents is 1. The summed E-state index contributed by atoms with van der Waals surface area (Å²) in [5, 5.41) is 21.4. The molecule has 1 aliphatic rings. The number of carboxylic acids is 1. The Morgan fingerprint density at radius 1 is 0.882 bits per heavy atom. The molecule has 0 spiro atoms. The summed E-state index contributed by atoms with van der Waals surface area (Å²) in [7, 11) is 0. The molecule has 5 nitrogen and oxygen atoms in total. The number of phenols is 1. The molecule has 1 heterocycles. The molecule has 34 heavy (non-hydrogen) atoms. The lowest BCUT2D eigenvalue weighted by Crippen LogP contribution is -2.05. The van der Waals surface area contributed by atoms with Crippen molar-refractivity contribution >= 4 is 34.5 Å². The van der Waals surface area contributed by atoms with Crippen molar-refractivity contribution in [2.75, 3.05) is 5.75 Å². The van der Waals surface area contributed by atoms with Crippen LogP contribution in [0.4, 0.5) is 0 Å². The normalized spacial score (nSPS) is 12.5. The summed E-state index contributed by atoms with van der Waals surface area (Å²) in [5.41, 5.74) is 4.43. The van der Waals surface area contributed by atoms with Gasteiger partial charge in [0.25, 0.3) is 0 Å². The number of aromatic carboxylic acids is 1. The topological polar surface area (TPSA) is 83.8 Å². The third kappa shape index (κ3) is 4.50. The first kappa shape index (κ1) is 22.0. The van der Waals surface area contributed by atoms with Crippen LogP contribution in [0.3, 0.4) is 0 Å². The predicted molar refractivity (Wildman–Crippen MR) is 132 cm³/mol. The van der Waals surface area contributed by atoms with Gasteiger partial charge in [-0.05, 0) is 64.4 Å². The maximum atomic E-state index is 12.7. The van der Waals surface area contributed by atoms with Gasteiger partial charge >= 0.3 is 11.9 Å². The highest BCUT2D eigenvalue weighted by Crippen LogP contribution is 2.33. The van der Waals surface area contributed by atoms with Crippen molar-refractivity contribution < 1.29 is 24.5 Å². The molecular formula is C28H22O5S. The van der Waals surface area contributed by atoms with Gasteiger partial charge in [0, 0.05) is 22.5 Å². The number of fused-ring (bicyclic) bond motifs is 2. The Balaban J connectivity index is 1.34. The van der Waals surface area contributed by atoms with Crippen LogP contribution < -0.4 is 0 Å². The van der Waals surface area contributed by atoms with E-state index in [1.54, 1.807) is 42.5 Å². The van der Waals surface area contributed by atoms with E-state index in [0.717, 1.165) is 28.7 Å². The Labute approximate surface area is 201 Å². The monoisotopic (exact) mass is 470 g/mol. The summed E-state index contributed by atoms with van der Waals surface area (Å²) in [5.74, 6) is -0.222. The summed E-state index contributed by atoms with van der Waals surface area (Å²) in [6.45, 7) is 0.202. The molecule has 0 fully saturated rings. The Morgan fingerprint density at radius 2 is 1.62 bits per heavy atom. The van der Waals surface area contributed by atoms with Crippen LogP contribution in [0.1, 0.15) is 43.0 Å². The summed E-state index contributed by atoms with van der Waals surface area (Å²) in [4.78, 5) is 25.1. The van der Waals surface area contributed by atoms with Gasteiger partial charge in [-0.15, -0.1) is 11.8 Å². The zero-order valence-corrected chi connectivity index (χ0v) is 19.1. The number of rotatable bonds is 6. The average molecular weight is 471 g/mol. The number of carbonyl (C=O) groups is 2. The highest BCUT2D eigenvalue weighted by atomic mass is 32.2. The van der Waals surface area contributed by atoms with E-state index in [4.69, 9.17) is 9.84 Å². The Kier molecular flexibility index (Phi) is 5.99. The number of hydrogen-bond acceptors (Lipinski definition) is 5. The molecule has 4 aromatic rings. The molecule has 0 amide bonds. The Bertz CT molecular complexity index is 1410. The van der Waals surface area contributed by atoms with Crippen LogP contribution in [0.25, 0.3) is 10.8 Å². The minimum absolute atomic E-state index is 0.102. The second-order valence-corrected chi connectivity index (χ2v) is 9.44. The van der Waals surface area contributed by atoms with Gasteiger partial charge in [-0.1, -0.05) is 42.5 Å². The van der Waals surface area contributed by atoms with Gasteiger partial charge < -0.3 is 14.9 Å². The molecule has 170 valence electrons. The summed E-state index contributed by atoms with van der Waals surface area (Å²) < 4.78 is 5.54. The Hall–Kier alpha value is -3.77. The molecule has 4 aromatic carbocycles. The quantitative estimate of drug-likeness (QED) is 0.345. The zero-order valence-electron chi connectivity index (χ0n) is 18.3. The van der Waals surface area contributed by atoms with Crippen molar-refractivity contribution in [1.82, 2.24) is 0 Å². The number of esters is 1. The van der Waals surface area contributed by atoms with Crippen LogP contribution in [-0.4, -0.2) is 27.9 Å². The molecule has 0 saturated heterocycles. The highest BCUT2D eigenvalue weighted by molar-refractivity contribution is 7.99. The van der Waals surface area contributed by atoms with Crippen LogP contribution in [0.15, 0.2) is 77.7 Å². The van der Waals surface area contributed by atoms with Crippen molar-refractivity contribution in [3.8, 4) is 5.75 Å². The van der Waals surface area contributed by atoms with Gasteiger partial charge in [-0.3, -0.25) is 0 Å². The first-order valence-electron chi connectivity index (χ1n) is 11.0. The maximum Gasteiger partial charge on any atom is 0.338 e. The van der Waals surface area contributed by atoms with Crippen LogP contribution >= 0.6 is 11.8 Å². The molecule has 0 unspecified atom stereocenters. The summed E-state index contributed by atoms with van der Waals surface area (Å²) in [6.07, 6.45) is 1.48. The van der Waals surface area contributed by atoms with Gasteiger partial charge in [0.05, 0.1) is 11.1 Å². The minimum Gasteiger partial charge on any atom is -0.507 e. The Morgan fingerprint density at radius 3 is 2.41 bits per heavy atom. The molecule has 0 aromatic heterocycles.